The lowest BCUT2D eigenvalue weighted by atomic mass is 9.80. The van der Waals surface area contributed by atoms with E-state index in [1.807, 2.05) is 0 Å². The molecule has 2 fully saturated rings. The van der Waals surface area contributed by atoms with Crippen molar-refractivity contribution in [2.45, 2.75) is 58.3 Å². The van der Waals surface area contributed by atoms with Gasteiger partial charge in [0, 0.05) is 19.6 Å². The normalized spacial score (nSPS) is 44.8. The first kappa shape index (κ1) is 13.3. The van der Waals surface area contributed by atoms with Crippen molar-refractivity contribution in [1.82, 2.24) is 4.90 Å². The summed E-state index contributed by atoms with van der Waals surface area (Å²) in [4.78, 5) is 2.48. The maximum atomic E-state index is 10.1. The predicted octanol–water partition coefficient (Wildman–Crippen LogP) is 1.89. The van der Waals surface area contributed by atoms with E-state index in [2.05, 4.69) is 25.7 Å². The van der Waals surface area contributed by atoms with E-state index in [1.54, 1.807) is 0 Å². The van der Waals surface area contributed by atoms with Crippen LogP contribution in [-0.2, 0) is 4.74 Å². The molecule has 3 nitrogen and oxygen atoms in total. The van der Waals surface area contributed by atoms with Gasteiger partial charge in [-0.1, -0.05) is 6.92 Å². The molecule has 5 atom stereocenters. The molecule has 0 aromatic rings. The van der Waals surface area contributed by atoms with Crippen molar-refractivity contribution < 1.29 is 9.84 Å². The van der Waals surface area contributed by atoms with Crippen molar-refractivity contribution in [3.63, 3.8) is 0 Å². The molecular formula is C14H27NO2. The van der Waals surface area contributed by atoms with Crippen LogP contribution < -0.4 is 0 Å². The van der Waals surface area contributed by atoms with Crippen LogP contribution in [0.5, 0.6) is 0 Å². The van der Waals surface area contributed by atoms with Gasteiger partial charge in [0.1, 0.15) is 0 Å². The zero-order valence-electron chi connectivity index (χ0n) is 11.4. The molecular weight excluding hydrogens is 214 g/mol. The van der Waals surface area contributed by atoms with Crippen LogP contribution in [0.1, 0.15) is 40.0 Å². The second-order valence-corrected chi connectivity index (χ2v) is 6.22. The van der Waals surface area contributed by atoms with Gasteiger partial charge in [-0.25, -0.2) is 0 Å². The number of rotatable bonds is 2. The summed E-state index contributed by atoms with van der Waals surface area (Å²) in [6.45, 7) is 9.67. The molecule has 1 aliphatic carbocycles. The lowest BCUT2D eigenvalue weighted by Crippen LogP contribution is -2.49. The van der Waals surface area contributed by atoms with E-state index in [0.29, 0.717) is 18.1 Å². The van der Waals surface area contributed by atoms with Crippen LogP contribution >= 0.6 is 0 Å². The fourth-order valence-electron chi connectivity index (χ4n) is 3.44. The minimum absolute atomic E-state index is 0.0837. The Kier molecular flexibility index (Phi) is 4.45. The van der Waals surface area contributed by atoms with Crippen molar-refractivity contribution in [2.75, 3.05) is 19.6 Å². The Balaban J connectivity index is 1.86. The topological polar surface area (TPSA) is 32.7 Å². The molecule has 2 rings (SSSR count). The van der Waals surface area contributed by atoms with Crippen molar-refractivity contribution >= 4 is 0 Å². The molecule has 3 heteroatoms. The molecule has 0 bridgehead atoms. The Hall–Kier alpha value is -0.120. The molecule has 0 spiro atoms. The standard InChI is InChI=1S/C14H27NO2/c1-10-4-5-14(16)13(6-10)9-15-7-11(2)17-12(3)8-15/h10-14,16H,4-9H2,1-3H3/t10?,11-,12+,13?,14?. The maximum Gasteiger partial charge on any atom is 0.0678 e. The molecule has 0 radical (unpaired) electrons. The molecule has 1 aliphatic heterocycles. The summed E-state index contributed by atoms with van der Waals surface area (Å²) in [5, 5.41) is 10.1. The number of aliphatic hydroxyl groups excluding tert-OH is 1. The summed E-state index contributed by atoms with van der Waals surface area (Å²) in [5.74, 6) is 1.25. The third-order valence-electron chi connectivity index (χ3n) is 4.19. The van der Waals surface area contributed by atoms with Crippen LogP contribution in [0.15, 0.2) is 0 Å². The third kappa shape index (κ3) is 3.67. The number of hydrogen-bond acceptors (Lipinski definition) is 3. The van der Waals surface area contributed by atoms with E-state index in [0.717, 1.165) is 32.0 Å². The van der Waals surface area contributed by atoms with Gasteiger partial charge in [-0.15, -0.1) is 0 Å². The Morgan fingerprint density at radius 2 is 1.76 bits per heavy atom. The van der Waals surface area contributed by atoms with Crippen molar-refractivity contribution in [3.05, 3.63) is 0 Å². The van der Waals surface area contributed by atoms with Crippen molar-refractivity contribution in [1.29, 1.82) is 0 Å². The first-order valence-electron chi connectivity index (χ1n) is 7.10. The second kappa shape index (κ2) is 5.68. The number of nitrogens with zero attached hydrogens (tertiary/aromatic N) is 1. The van der Waals surface area contributed by atoms with Gasteiger partial charge in [0.15, 0.2) is 0 Å². The maximum absolute atomic E-state index is 10.1. The summed E-state index contributed by atoms with van der Waals surface area (Å²) < 4.78 is 5.75. The summed E-state index contributed by atoms with van der Waals surface area (Å²) in [7, 11) is 0. The summed E-state index contributed by atoms with van der Waals surface area (Å²) in [5.41, 5.74) is 0. The average Bonchev–Trinajstić information content (AvgIpc) is 2.22. The highest BCUT2D eigenvalue weighted by Crippen LogP contribution is 2.30. The van der Waals surface area contributed by atoms with Crippen molar-refractivity contribution in [2.24, 2.45) is 11.8 Å². The van der Waals surface area contributed by atoms with Crippen LogP contribution in [-0.4, -0.2) is 48.0 Å². The molecule has 100 valence electrons. The fourth-order valence-corrected chi connectivity index (χ4v) is 3.44. The molecule has 17 heavy (non-hydrogen) atoms. The third-order valence-corrected chi connectivity index (χ3v) is 4.19. The minimum Gasteiger partial charge on any atom is -0.393 e. The Bertz CT molecular complexity index is 236. The van der Waals surface area contributed by atoms with E-state index in [4.69, 9.17) is 4.74 Å². The zero-order chi connectivity index (χ0) is 12.4. The molecule has 0 amide bonds. The molecule has 0 aromatic carbocycles. The number of aliphatic hydroxyl groups is 1. The summed E-state index contributed by atoms with van der Waals surface area (Å²) >= 11 is 0. The molecule has 0 aromatic heterocycles. The highest BCUT2D eigenvalue weighted by atomic mass is 16.5. The lowest BCUT2D eigenvalue weighted by Gasteiger charge is -2.40. The molecule has 1 saturated heterocycles. The largest absolute Gasteiger partial charge is 0.393 e. The molecule has 2 aliphatic rings. The van der Waals surface area contributed by atoms with Crippen molar-refractivity contribution in [3.8, 4) is 0 Å². The van der Waals surface area contributed by atoms with Gasteiger partial charge in [0.2, 0.25) is 0 Å². The van der Waals surface area contributed by atoms with E-state index in [1.165, 1.54) is 12.8 Å². The summed E-state index contributed by atoms with van der Waals surface area (Å²) in [6.07, 6.45) is 3.93. The van der Waals surface area contributed by atoms with Gasteiger partial charge < -0.3 is 9.84 Å². The average molecular weight is 241 g/mol. The number of morpholine rings is 1. The highest BCUT2D eigenvalue weighted by molar-refractivity contribution is 4.83. The van der Waals surface area contributed by atoms with E-state index >= 15 is 0 Å². The SMILES string of the molecule is CC1CCC(O)C(CN2C[C@@H](C)O[C@@H](C)C2)C1. The van der Waals surface area contributed by atoms with Gasteiger partial charge in [0.25, 0.3) is 0 Å². The minimum atomic E-state index is -0.0837. The van der Waals surface area contributed by atoms with Gasteiger partial charge in [-0.05, 0) is 44.9 Å². The number of hydrogen-bond donors (Lipinski definition) is 1. The van der Waals surface area contributed by atoms with Crippen LogP contribution in [0, 0.1) is 11.8 Å². The summed E-state index contributed by atoms with van der Waals surface area (Å²) in [6, 6.07) is 0. The van der Waals surface area contributed by atoms with Gasteiger partial charge in [0.05, 0.1) is 18.3 Å². The molecule has 3 unspecified atom stereocenters. The van der Waals surface area contributed by atoms with Gasteiger partial charge in [-0.3, -0.25) is 4.90 Å². The zero-order valence-corrected chi connectivity index (χ0v) is 11.4. The Morgan fingerprint density at radius 3 is 2.41 bits per heavy atom. The van der Waals surface area contributed by atoms with E-state index < -0.39 is 0 Å². The van der Waals surface area contributed by atoms with Crippen LogP contribution in [0.4, 0.5) is 0 Å². The molecule has 1 heterocycles. The Labute approximate surface area is 105 Å². The van der Waals surface area contributed by atoms with Gasteiger partial charge >= 0.3 is 0 Å². The number of ether oxygens (including phenoxy) is 1. The Morgan fingerprint density at radius 1 is 1.12 bits per heavy atom. The predicted molar refractivity (Wildman–Crippen MR) is 69.0 cm³/mol. The van der Waals surface area contributed by atoms with Crippen LogP contribution in [0.25, 0.3) is 0 Å². The fraction of sp³-hybridized carbons (Fsp3) is 1.00. The van der Waals surface area contributed by atoms with Crippen LogP contribution in [0.2, 0.25) is 0 Å². The lowest BCUT2D eigenvalue weighted by molar-refractivity contribution is -0.0800. The quantitative estimate of drug-likeness (QED) is 0.801. The van der Waals surface area contributed by atoms with Gasteiger partial charge in [-0.2, -0.15) is 0 Å². The first-order valence-corrected chi connectivity index (χ1v) is 7.10. The van der Waals surface area contributed by atoms with E-state index in [-0.39, 0.29) is 6.10 Å². The monoisotopic (exact) mass is 241 g/mol. The molecule has 1 N–H and O–H groups in total. The highest BCUT2D eigenvalue weighted by Gasteiger charge is 2.31. The first-order chi connectivity index (χ1) is 8.04. The smallest absolute Gasteiger partial charge is 0.0678 e. The van der Waals surface area contributed by atoms with Crippen LogP contribution in [0.3, 0.4) is 0 Å². The molecule has 1 saturated carbocycles. The van der Waals surface area contributed by atoms with E-state index in [9.17, 15) is 5.11 Å². The second-order valence-electron chi connectivity index (χ2n) is 6.22.